The molecule has 1 amide bonds. The third-order valence-electron chi connectivity index (χ3n) is 5.51. The number of benzene rings is 1. The van der Waals surface area contributed by atoms with Gasteiger partial charge >= 0.3 is 6.18 Å². The minimum absolute atomic E-state index is 0.0795. The van der Waals surface area contributed by atoms with E-state index in [1.807, 2.05) is 27.7 Å². The normalized spacial score (nSPS) is 25.3. The van der Waals surface area contributed by atoms with Crippen molar-refractivity contribution in [1.82, 2.24) is 10.6 Å². The summed E-state index contributed by atoms with van der Waals surface area (Å²) in [4.78, 5) is 11.2. The van der Waals surface area contributed by atoms with Crippen LogP contribution in [0.5, 0.6) is 0 Å². The van der Waals surface area contributed by atoms with Gasteiger partial charge in [0.25, 0.3) is 0 Å². The minimum Gasteiger partial charge on any atom is -0.350 e. The predicted molar refractivity (Wildman–Crippen MR) is 110 cm³/mol. The highest BCUT2D eigenvalue weighted by Crippen LogP contribution is 2.47. The second kappa shape index (κ2) is 8.69. The van der Waals surface area contributed by atoms with Crippen molar-refractivity contribution in [3.05, 3.63) is 29.8 Å². The van der Waals surface area contributed by atoms with Gasteiger partial charge in [-0.25, -0.2) is 12.8 Å². The molecule has 2 N–H and O–H groups in total. The number of alkyl halides is 4. The van der Waals surface area contributed by atoms with E-state index in [9.17, 15) is 26.4 Å². The number of hydrogen-bond donors (Lipinski definition) is 2. The summed E-state index contributed by atoms with van der Waals surface area (Å²) < 4.78 is 80.0. The first kappa shape index (κ1) is 25.6. The first-order valence-electron chi connectivity index (χ1n) is 10.1. The number of halogens is 4. The summed E-state index contributed by atoms with van der Waals surface area (Å²) in [5.74, 6) is -0.182. The Morgan fingerprint density at radius 2 is 1.68 bits per heavy atom. The van der Waals surface area contributed by atoms with Crippen molar-refractivity contribution in [1.29, 1.82) is 0 Å². The van der Waals surface area contributed by atoms with Crippen LogP contribution in [0.1, 0.15) is 58.9 Å². The molecule has 0 aromatic heterocycles. The van der Waals surface area contributed by atoms with E-state index in [2.05, 4.69) is 10.6 Å². The lowest BCUT2D eigenvalue weighted by Gasteiger charge is -2.40. The highest BCUT2D eigenvalue weighted by Gasteiger charge is 2.50. The quantitative estimate of drug-likeness (QED) is 0.616. The van der Waals surface area contributed by atoms with Crippen LogP contribution in [0.15, 0.2) is 29.2 Å². The lowest BCUT2D eigenvalue weighted by Crippen LogP contribution is -2.48. The SMILES string of the molecule is CC1(CNCC(=O)NC(C)(C)C)CCC(F)(S(=O)(=O)c2cccc(C(F)(F)F)c2)CC1. The van der Waals surface area contributed by atoms with Crippen molar-refractivity contribution in [2.45, 2.75) is 75.0 Å². The van der Waals surface area contributed by atoms with Gasteiger partial charge in [-0.1, -0.05) is 13.0 Å². The zero-order chi connectivity index (χ0) is 23.7. The van der Waals surface area contributed by atoms with Crippen LogP contribution in [0.3, 0.4) is 0 Å². The van der Waals surface area contributed by atoms with Crippen LogP contribution in [0.25, 0.3) is 0 Å². The monoisotopic (exact) mass is 466 g/mol. The van der Waals surface area contributed by atoms with E-state index in [1.165, 1.54) is 0 Å². The standard InChI is InChI=1S/C21H30F4N2O3S/c1-18(2,3)27-17(28)13-26-14-19(4)8-10-20(22,11-9-19)31(29,30)16-7-5-6-15(12-16)21(23,24)25/h5-7,12,26H,8-11,13-14H2,1-4H3,(H,27,28). The van der Waals surface area contributed by atoms with E-state index in [4.69, 9.17) is 0 Å². The molecule has 1 fully saturated rings. The smallest absolute Gasteiger partial charge is 0.350 e. The molecule has 1 aliphatic rings. The Labute approximate surface area is 180 Å². The van der Waals surface area contributed by atoms with Crippen molar-refractivity contribution < 1.29 is 30.8 Å². The number of carbonyl (C=O) groups excluding carboxylic acids is 1. The Balaban J connectivity index is 2.03. The molecule has 5 nitrogen and oxygen atoms in total. The van der Waals surface area contributed by atoms with E-state index in [-0.39, 0.29) is 43.7 Å². The molecule has 0 saturated heterocycles. The van der Waals surface area contributed by atoms with Crippen molar-refractivity contribution in [2.75, 3.05) is 13.1 Å². The molecular formula is C21H30F4N2O3S. The summed E-state index contributed by atoms with van der Waals surface area (Å²) in [7, 11) is -4.60. The van der Waals surface area contributed by atoms with Crippen LogP contribution in [0.2, 0.25) is 0 Å². The Morgan fingerprint density at radius 1 is 1.10 bits per heavy atom. The molecule has 0 aliphatic heterocycles. The zero-order valence-electron chi connectivity index (χ0n) is 18.2. The lowest BCUT2D eigenvalue weighted by molar-refractivity contribution is -0.137. The fourth-order valence-electron chi connectivity index (χ4n) is 3.66. The Bertz CT molecular complexity index is 900. The molecule has 10 heteroatoms. The summed E-state index contributed by atoms with van der Waals surface area (Å²) in [6.07, 6.45) is -4.92. The molecular weight excluding hydrogens is 436 g/mol. The lowest BCUT2D eigenvalue weighted by atomic mass is 9.75. The van der Waals surface area contributed by atoms with Gasteiger partial charge in [0.15, 0.2) is 0 Å². The zero-order valence-corrected chi connectivity index (χ0v) is 19.0. The van der Waals surface area contributed by atoms with Gasteiger partial charge < -0.3 is 10.6 Å². The molecule has 2 rings (SSSR count). The summed E-state index contributed by atoms with van der Waals surface area (Å²) in [5.41, 5.74) is -1.92. The second-order valence-electron chi connectivity index (χ2n) is 9.62. The number of hydrogen-bond acceptors (Lipinski definition) is 4. The maximum absolute atomic E-state index is 15.5. The molecule has 0 heterocycles. The van der Waals surface area contributed by atoms with Crippen LogP contribution in [-0.2, 0) is 20.8 Å². The Kier molecular flexibility index (Phi) is 7.17. The number of amides is 1. The number of rotatable bonds is 6. The molecule has 1 aliphatic carbocycles. The van der Waals surface area contributed by atoms with Gasteiger partial charge in [-0.3, -0.25) is 4.79 Å². The highest BCUT2D eigenvalue weighted by atomic mass is 32.2. The van der Waals surface area contributed by atoms with E-state index < -0.39 is 36.9 Å². The summed E-state index contributed by atoms with van der Waals surface area (Å²) in [6.45, 7) is 7.93. The van der Waals surface area contributed by atoms with Crippen molar-refractivity contribution >= 4 is 15.7 Å². The first-order chi connectivity index (χ1) is 14.0. The Hall–Kier alpha value is -1.68. The molecule has 0 spiro atoms. The van der Waals surface area contributed by atoms with Crippen LogP contribution in [0, 0.1) is 5.41 Å². The summed E-state index contributed by atoms with van der Waals surface area (Å²) >= 11 is 0. The van der Waals surface area contributed by atoms with E-state index in [0.717, 1.165) is 18.2 Å². The number of carbonyl (C=O) groups is 1. The third kappa shape index (κ3) is 6.41. The van der Waals surface area contributed by atoms with Crippen LogP contribution < -0.4 is 10.6 Å². The van der Waals surface area contributed by atoms with Gasteiger partial charge in [-0.05, 0) is 70.1 Å². The topological polar surface area (TPSA) is 75.3 Å². The second-order valence-corrected chi connectivity index (χ2v) is 11.8. The molecule has 0 unspecified atom stereocenters. The van der Waals surface area contributed by atoms with Gasteiger partial charge in [0.2, 0.25) is 20.7 Å². The fourth-order valence-corrected chi connectivity index (χ4v) is 5.37. The van der Waals surface area contributed by atoms with Gasteiger partial charge in [0.05, 0.1) is 17.0 Å². The molecule has 1 aromatic rings. The molecule has 0 radical (unpaired) electrons. The maximum atomic E-state index is 15.5. The average molecular weight is 467 g/mol. The summed E-state index contributed by atoms with van der Waals surface area (Å²) in [5, 5.41) is 3.22. The molecule has 1 aromatic carbocycles. The number of sulfone groups is 1. The number of nitrogens with one attached hydrogen (secondary N) is 2. The van der Waals surface area contributed by atoms with Crippen molar-refractivity contribution in [3.8, 4) is 0 Å². The van der Waals surface area contributed by atoms with E-state index >= 15 is 4.39 Å². The Morgan fingerprint density at radius 3 is 2.19 bits per heavy atom. The van der Waals surface area contributed by atoms with Gasteiger partial charge in [-0.2, -0.15) is 13.2 Å². The van der Waals surface area contributed by atoms with Crippen molar-refractivity contribution in [3.63, 3.8) is 0 Å². The minimum atomic E-state index is -4.72. The molecule has 176 valence electrons. The molecule has 0 atom stereocenters. The van der Waals surface area contributed by atoms with Gasteiger partial charge in [0, 0.05) is 12.1 Å². The van der Waals surface area contributed by atoms with Crippen LogP contribution in [0.4, 0.5) is 17.6 Å². The summed E-state index contributed by atoms with van der Waals surface area (Å²) in [6, 6.07) is 3.21. The highest BCUT2D eigenvalue weighted by molar-refractivity contribution is 7.92. The van der Waals surface area contributed by atoms with E-state index in [1.54, 1.807) is 0 Å². The first-order valence-corrected chi connectivity index (χ1v) is 11.6. The van der Waals surface area contributed by atoms with Crippen LogP contribution >= 0.6 is 0 Å². The average Bonchev–Trinajstić information content (AvgIpc) is 2.62. The van der Waals surface area contributed by atoms with Crippen LogP contribution in [-0.4, -0.2) is 38.0 Å². The largest absolute Gasteiger partial charge is 0.416 e. The predicted octanol–water partition coefficient (Wildman–Crippen LogP) is 4.23. The van der Waals surface area contributed by atoms with E-state index in [0.29, 0.717) is 12.6 Å². The molecule has 31 heavy (non-hydrogen) atoms. The van der Waals surface area contributed by atoms with Gasteiger partial charge in [-0.15, -0.1) is 0 Å². The van der Waals surface area contributed by atoms with Gasteiger partial charge in [0.1, 0.15) is 0 Å². The molecule has 0 bridgehead atoms. The van der Waals surface area contributed by atoms with Crippen molar-refractivity contribution in [2.24, 2.45) is 5.41 Å². The molecule has 1 saturated carbocycles. The third-order valence-corrected chi connectivity index (χ3v) is 7.75. The fraction of sp³-hybridized carbons (Fsp3) is 0.667. The maximum Gasteiger partial charge on any atom is 0.416 e.